The molecule has 1 aliphatic heterocycles. The van der Waals surface area contributed by atoms with E-state index in [0.29, 0.717) is 31.8 Å². The predicted octanol–water partition coefficient (Wildman–Crippen LogP) is 3.19. The molecule has 1 aliphatic rings. The highest BCUT2D eigenvalue weighted by atomic mass is 16.5. The molecule has 0 fully saturated rings. The molecule has 3 rings (SSSR count). The highest BCUT2D eigenvalue weighted by Gasteiger charge is 2.32. The number of rotatable bonds is 8. The fourth-order valence-electron chi connectivity index (χ4n) is 3.14. The zero-order valence-electron chi connectivity index (χ0n) is 15.6. The number of carbonyl (C=O) groups is 1. The molecule has 0 bridgehead atoms. The van der Waals surface area contributed by atoms with Crippen molar-refractivity contribution in [2.75, 3.05) is 13.7 Å². The van der Waals surface area contributed by atoms with Crippen LogP contribution in [0.1, 0.15) is 24.7 Å². The van der Waals surface area contributed by atoms with Crippen LogP contribution >= 0.6 is 0 Å². The fourth-order valence-corrected chi connectivity index (χ4v) is 3.14. The molecule has 2 heterocycles. The zero-order valence-corrected chi connectivity index (χ0v) is 15.6. The molecular weight excluding hydrogens is 346 g/mol. The van der Waals surface area contributed by atoms with E-state index in [1.54, 1.807) is 6.26 Å². The third-order valence-electron chi connectivity index (χ3n) is 4.44. The molecular formula is C21H25NO5. The van der Waals surface area contributed by atoms with Gasteiger partial charge in [0, 0.05) is 12.1 Å². The van der Waals surface area contributed by atoms with Gasteiger partial charge in [-0.25, -0.2) is 4.79 Å². The average Bonchev–Trinajstić information content (AvgIpc) is 3.20. The van der Waals surface area contributed by atoms with Gasteiger partial charge < -0.3 is 23.9 Å². The first-order valence-electron chi connectivity index (χ1n) is 9.02. The van der Waals surface area contributed by atoms with Gasteiger partial charge in [-0.1, -0.05) is 30.3 Å². The maximum absolute atomic E-state index is 12.2. The first kappa shape index (κ1) is 19.2. The number of methoxy groups -OCH3 is 1. The summed E-state index contributed by atoms with van der Waals surface area (Å²) in [7, 11) is 1.38. The van der Waals surface area contributed by atoms with Crippen molar-refractivity contribution in [2.45, 2.75) is 38.7 Å². The van der Waals surface area contributed by atoms with Gasteiger partial charge in [0.05, 0.1) is 50.9 Å². The predicted molar refractivity (Wildman–Crippen MR) is 99.6 cm³/mol. The molecule has 1 aromatic heterocycles. The largest absolute Gasteiger partial charge is 0.467 e. The van der Waals surface area contributed by atoms with E-state index in [-0.39, 0.29) is 18.2 Å². The molecule has 0 unspecified atom stereocenters. The van der Waals surface area contributed by atoms with Crippen molar-refractivity contribution in [1.29, 1.82) is 0 Å². The molecule has 6 heteroatoms. The smallest absolute Gasteiger partial charge is 0.338 e. The van der Waals surface area contributed by atoms with Gasteiger partial charge in [-0.2, -0.15) is 0 Å². The van der Waals surface area contributed by atoms with Crippen molar-refractivity contribution in [1.82, 2.24) is 5.32 Å². The van der Waals surface area contributed by atoms with Crippen molar-refractivity contribution in [2.24, 2.45) is 0 Å². The minimum absolute atomic E-state index is 0.142. The summed E-state index contributed by atoms with van der Waals surface area (Å²) >= 11 is 0. The highest BCUT2D eigenvalue weighted by molar-refractivity contribution is 5.90. The van der Waals surface area contributed by atoms with Crippen LogP contribution in [0.25, 0.3) is 0 Å². The van der Waals surface area contributed by atoms with E-state index in [1.807, 2.05) is 49.4 Å². The third-order valence-corrected chi connectivity index (χ3v) is 4.44. The Morgan fingerprint density at radius 2 is 2.04 bits per heavy atom. The van der Waals surface area contributed by atoms with E-state index in [0.717, 1.165) is 17.0 Å². The van der Waals surface area contributed by atoms with Gasteiger partial charge in [0.25, 0.3) is 0 Å². The number of furan rings is 1. The fraction of sp³-hybridized carbons (Fsp3) is 0.381. The molecule has 27 heavy (non-hydrogen) atoms. The monoisotopic (exact) mass is 371 g/mol. The Hall–Kier alpha value is -2.57. The quantitative estimate of drug-likeness (QED) is 0.719. The highest BCUT2D eigenvalue weighted by Crippen LogP contribution is 2.26. The zero-order chi connectivity index (χ0) is 19.1. The number of ether oxygens (including phenoxy) is 3. The summed E-state index contributed by atoms with van der Waals surface area (Å²) in [5, 5.41) is 3.31. The normalized spacial score (nSPS) is 19.8. The van der Waals surface area contributed by atoms with Crippen LogP contribution in [0.5, 0.6) is 0 Å². The number of hydrogen-bond donors (Lipinski definition) is 1. The van der Waals surface area contributed by atoms with Crippen molar-refractivity contribution >= 4 is 5.97 Å². The van der Waals surface area contributed by atoms with Crippen molar-refractivity contribution in [3.63, 3.8) is 0 Å². The molecule has 0 saturated carbocycles. The van der Waals surface area contributed by atoms with Gasteiger partial charge in [-0.3, -0.25) is 0 Å². The SMILES string of the molecule is COC(=O)C1=C(NCc2ccco2)C[C@@H](COCc2ccccc2)O[C@H]1C. The number of nitrogens with one attached hydrogen (secondary N) is 1. The van der Waals surface area contributed by atoms with Gasteiger partial charge in [-0.15, -0.1) is 0 Å². The van der Waals surface area contributed by atoms with E-state index >= 15 is 0 Å². The lowest BCUT2D eigenvalue weighted by Gasteiger charge is -2.31. The van der Waals surface area contributed by atoms with E-state index in [4.69, 9.17) is 18.6 Å². The van der Waals surface area contributed by atoms with E-state index in [1.165, 1.54) is 7.11 Å². The second kappa shape index (κ2) is 9.39. The van der Waals surface area contributed by atoms with E-state index in [2.05, 4.69) is 5.32 Å². The lowest BCUT2D eigenvalue weighted by molar-refractivity contribution is -0.139. The minimum atomic E-state index is -0.381. The second-order valence-corrected chi connectivity index (χ2v) is 6.42. The minimum Gasteiger partial charge on any atom is -0.467 e. The van der Waals surface area contributed by atoms with Gasteiger partial charge in [0.2, 0.25) is 0 Å². The Balaban J connectivity index is 1.63. The lowest BCUT2D eigenvalue weighted by Crippen LogP contribution is -2.38. The standard InChI is InChI=1S/C21H25NO5/c1-15-20(21(23)24-2)19(22-12-17-9-6-10-26-17)11-18(27-15)14-25-13-16-7-4-3-5-8-16/h3-10,15,18,22H,11-14H2,1-2H3/t15-,18-/m0/s1. The van der Waals surface area contributed by atoms with Crippen LogP contribution in [0, 0.1) is 0 Å². The Bertz CT molecular complexity index is 754. The van der Waals surface area contributed by atoms with E-state index in [9.17, 15) is 4.79 Å². The molecule has 2 aromatic rings. The van der Waals surface area contributed by atoms with Gasteiger partial charge in [0.1, 0.15) is 5.76 Å². The molecule has 0 saturated heterocycles. The summed E-state index contributed by atoms with van der Waals surface area (Å²) in [6.45, 7) is 3.31. The molecule has 1 N–H and O–H groups in total. The van der Waals surface area contributed by atoms with Crippen LogP contribution < -0.4 is 5.32 Å². The molecule has 0 aliphatic carbocycles. The Morgan fingerprint density at radius 3 is 2.74 bits per heavy atom. The Labute approximate surface area is 159 Å². The topological polar surface area (TPSA) is 69.9 Å². The molecule has 0 amide bonds. The number of carbonyl (C=O) groups excluding carboxylic acids is 1. The van der Waals surface area contributed by atoms with Crippen LogP contribution in [0.2, 0.25) is 0 Å². The molecule has 6 nitrogen and oxygen atoms in total. The summed E-state index contributed by atoms with van der Waals surface area (Å²) < 4.78 is 22.1. The van der Waals surface area contributed by atoms with Crippen LogP contribution in [0.3, 0.4) is 0 Å². The maximum atomic E-state index is 12.2. The lowest BCUT2D eigenvalue weighted by atomic mass is 10.00. The van der Waals surface area contributed by atoms with Gasteiger partial charge in [-0.05, 0) is 24.6 Å². The summed E-state index contributed by atoms with van der Waals surface area (Å²) in [5.41, 5.74) is 2.44. The molecule has 1 aromatic carbocycles. The number of hydrogen-bond acceptors (Lipinski definition) is 6. The summed E-state index contributed by atoms with van der Waals surface area (Å²) in [6.07, 6.45) is 1.65. The molecule has 2 atom stereocenters. The van der Waals surface area contributed by atoms with E-state index < -0.39 is 0 Å². The second-order valence-electron chi connectivity index (χ2n) is 6.42. The Kier molecular flexibility index (Phi) is 6.68. The third kappa shape index (κ3) is 5.21. The van der Waals surface area contributed by atoms with Gasteiger partial charge >= 0.3 is 5.97 Å². The van der Waals surface area contributed by atoms with Crippen molar-refractivity contribution in [3.8, 4) is 0 Å². The Morgan fingerprint density at radius 1 is 1.22 bits per heavy atom. The summed E-state index contributed by atoms with van der Waals surface area (Å²) in [4.78, 5) is 12.2. The maximum Gasteiger partial charge on any atom is 0.338 e. The molecule has 144 valence electrons. The number of esters is 1. The van der Waals surface area contributed by atoms with Gasteiger partial charge in [0.15, 0.2) is 0 Å². The van der Waals surface area contributed by atoms with Crippen LogP contribution in [-0.2, 0) is 32.2 Å². The summed E-state index contributed by atoms with van der Waals surface area (Å²) in [5.74, 6) is 0.413. The molecule has 0 radical (unpaired) electrons. The first-order chi connectivity index (χ1) is 13.2. The van der Waals surface area contributed by atoms with Crippen molar-refractivity contribution < 1.29 is 23.4 Å². The number of benzene rings is 1. The molecule has 0 spiro atoms. The average molecular weight is 371 g/mol. The van der Waals surface area contributed by atoms with Crippen LogP contribution in [0.15, 0.2) is 64.4 Å². The van der Waals surface area contributed by atoms with Crippen LogP contribution in [-0.4, -0.2) is 31.9 Å². The van der Waals surface area contributed by atoms with Crippen molar-refractivity contribution in [3.05, 3.63) is 71.3 Å². The first-order valence-corrected chi connectivity index (χ1v) is 9.02. The van der Waals surface area contributed by atoms with Crippen LogP contribution in [0.4, 0.5) is 0 Å². The summed E-state index contributed by atoms with van der Waals surface area (Å²) in [6, 6.07) is 13.7.